The second kappa shape index (κ2) is 7.20. The molecule has 1 aromatic carbocycles. The van der Waals surface area contributed by atoms with Gasteiger partial charge in [0.2, 0.25) is 5.50 Å². The highest BCUT2D eigenvalue weighted by atomic mass is 32.2. The summed E-state index contributed by atoms with van der Waals surface area (Å²) in [6.45, 7) is -0.00148. The van der Waals surface area contributed by atoms with Gasteiger partial charge in [0.05, 0.1) is 6.54 Å². The summed E-state index contributed by atoms with van der Waals surface area (Å²) in [4.78, 5) is 16.3. The molecule has 0 radical (unpaired) electrons. The smallest absolute Gasteiger partial charge is 0.266 e. The minimum absolute atomic E-state index is 0.00148. The number of aromatic nitrogens is 2. The SMILES string of the molecule is C#CCNC(=O)[C@@H](F)Sc1c(-c2ccccc2)nc2ccccn12. The fraction of sp³-hybridized carbons (Fsp3) is 0.111. The van der Waals surface area contributed by atoms with Crippen LogP contribution in [-0.2, 0) is 4.79 Å². The third-order valence-corrected chi connectivity index (χ3v) is 4.35. The number of alkyl halides is 1. The number of pyridine rings is 1. The number of benzene rings is 1. The van der Waals surface area contributed by atoms with Crippen LogP contribution in [0.25, 0.3) is 16.9 Å². The van der Waals surface area contributed by atoms with Crippen LogP contribution in [0.3, 0.4) is 0 Å². The van der Waals surface area contributed by atoms with E-state index in [1.807, 2.05) is 48.5 Å². The zero-order chi connectivity index (χ0) is 16.9. The molecule has 0 aliphatic carbocycles. The van der Waals surface area contributed by atoms with Gasteiger partial charge < -0.3 is 5.32 Å². The van der Waals surface area contributed by atoms with Crippen LogP contribution >= 0.6 is 11.8 Å². The van der Waals surface area contributed by atoms with Crippen LogP contribution in [0.1, 0.15) is 0 Å². The highest BCUT2D eigenvalue weighted by molar-refractivity contribution is 8.00. The van der Waals surface area contributed by atoms with Gasteiger partial charge in [0.1, 0.15) is 16.4 Å². The Labute approximate surface area is 143 Å². The predicted octanol–water partition coefficient (Wildman–Crippen LogP) is 3.14. The molecule has 0 spiro atoms. The first-order valence-electron chi connectivity index (χ1n) is 7.25. The highest BCUT2D eigenvalue weighted by Gasteiger charge is 2.23. The second-order valence-corrected chi connectivity index (χ2v) is 5.95. The van der Waals surface area contributed by atoms with Gasteiger partial charge in [-0.2, -0.15) is 0 Å². The topological polar surface area (TPSA) is 46.4 Å². The van der Waals surface area contributed by atoms with E-state index in [9.17, 15) is 9.18 Å². The molecule has 0 aliphatic heterocycles. The number of halogens is 1. The number of nitrogens with zero attached hydrogens (tertiary/aromatic N) is 2. The van der Waals surface area contributed by atoms with Crippen molar-refractivity contribution in [1.29, 1.82) is 0 Å². The quantitative estimate of drug-likeness (QED) is 0.574. The number of amides is 1. The van der Waals surface area contributed by atoms with Crippen LogP contribution in [0, 0.1) is 12.3 Å². The molecule has 0 saturated heterocycles. The van der Waals surface area contributed by atoms with Gasteiger partial charge in [-0.15, -0.1) is 6.42 Å². The minimum atomic E-state index is -1.78. The van der Waals surface area contributed by atoms with Gasteiger partial charge in [-0.1, -0.05) is 54.1 Å². The van der Waals surface area contributed by atoms with Crippen LogP contribution in [0.2, 0.25) is 0 Å². The summed E-state index contributed by atoms with van der Waals surface area (Å²) in [6, 6.07) is 15.0. The van der Waals surface area contributed by atoms with Gasteiger partial charge >= 0.3 is 0 Å². The van der Waals surface area contributed by atoms with E-state index in [0.717, 1.165) is 17.3 Å². The Bertz CT molecular complexity index is 902. The second-order valence-electron chi connectivity index (χ2n) is 4.92. The zero-order valence-corrected chi connectivity index (χ0v) is 13.5. The van der Waals surface area contributed by atoms with Crippen LogP contribution < -0.4 is 5.32 Å². The predicted molar refractivity (Wildman–Crippen MR) is 93.2 cm³/mol. The van der Waals surface area contributed by atoms with E-state index in [2.05, 4.69) is 16.2 Å². The first-order chi connectivity index (χ1) is 11.7. The van der Waals surface area contributed by atoms with Crippen LogP contribution in [0.4, 0.5) is 4.39 Å². The van der Waals surface area contributed by atoms with Crippen molar-refractivity contribution in [2.45, 2.75) is 10.5 Å². The summed E-state index contributed by atoms with van der Waals surface area (Å²) >= 11 is 0.813. The van der Waals surface area contributed by atoms with Gasteiger partial charge in [0.15, 0.2) is 0 Å². The summed E-state index contributed by atoms with van der Waals surface area (Å²) in [6.07, 6.45) is 6.87. The molecule has 4 nitrogen and oxygen atoms in total. The molecule has 0 aliphatic rings. The van der Waals surface area contributed by atoms with Crippen molar-refractivity contribution in [3.63, 3.8) is 0 Å². The molecule has 1 atom stereocenters. The van der Waals surface area contributed by atoms with Crippen molar-refractivity contribution >= 4 is 23.3 Å². The van der Waals surface area contributed by atoms with Gasteiger partial charge in [-0.3, -0.25) is 9.20 Å². The third kappa shape index (κ3) is 3.26. The van der Waals surface area contributed by atoms with Gasteiger partial charge in [-0.25, -0.2) is 9.37 Å². The fourth-order valence-electron chi connectivity index (χ4n) is 2.24. The highest BCUT2D eigenvalue weighted by Crippen LogP contribution is 2.34. The first-order valence-corrected chi connectivity index (χ1v) is 8.13. The van der Waals surface area contributed by atoms with Crippen molar-refractivity contribution in [3.05, 3.63) is 54.7 Å². The van der Waals surface area contributed by atoms with Gasteiger partial charge in [0, 0.05) is 11.8 Å². The van der Waals surface area contributed by atoms with Gasteiger partial charge in [-0.05, 0) is 12.1 Å². The fourth-order valence-corrected chi connectivity index (χ4v) is 3.17. The molecule has 3 aromatic rings. The Balaban J connectivity index is 1.99. The van der Waals surface area contributed by atoms with E-state index in [1.165, 1.54) is 0 Å². The molecule has 3 rings (SSSR count). The first kappa shape index (κ1) is 16.1. The Hall–Kier alpha value is -2.78. The molecule has 1 amide bonds. The number of hydrogen-bond acceptors (Lipinski definition) is 3. The molecule has 0 saturated carbocycles. The van der Waals surface area contributed by atoms with E-state index < -0.39 is 11.4 Å². The number of fused-ring (bicyclic) bond motifs is 1. The van der Waals surface area contributed by atoms with Gasteiger partial charge in [0.25, 0.3) is 5.91 Å². The maximum absolute atomic E-state index is 14.3. The number of rotatable bonds is 5. The van der Waals surface area contributed by atoms with Crippen molar-refractivity contribution < 1.29 is 9.18 Å². The number of hydrogen-bond donors (Lipinski definition) is 1. The standard InChI is InChI=1S/C18H14FN3OS/c1-2-11-20-17(23)16(19)24-18-15(13-8-4-3-5-9-13)21-14-10-6-7-12-22(14)18/h1,3-10,12,16H,11H2,(H,20,23)/t16-/m0/s1. The maximum atomic E-state index is 14.3. The molecule has 6 heteroatoms. The Kier molecular flexibility index (Phi) is 4.82. The molecule has 24 heavy (non-hydrogen) atoms. The molecule has 2 heterocycles. The van der Waals surface area contributed by atoms with E-state index in [0.29, 0.717) is 16.4 Å². The lowest BCUT2D eigenvalue weighted by Crippen LogP contribution is -2.30. The summed E-state index contributed by atoms with van der Waals surface area (Å²) in [5, 5.41) is 2.92. The number of nitrogens with one attached hydrogen (secondary N) is 1. The lowest BCUT2D eigenvalue weighted by molar-refractivity contribution is -0.122. The molecule has 2 aromatic heterocycles. The summed E-state index contributed by atoms with van der Waals surface area (Å²) in [7, 11) is 0. The minimum Gasteiger partial charge on any atom is -0.342 e. The number of imidazole rings is 1. The summed E-state index contributed by atoms with van der Waals surface area (Å²) in [5.74, 6) is 1.51. The van der Waals surface area contributed by atoms with Crippen LogP contribution in [-0.4, -0.2) is 27.3 Å². The maximum Gasteiger partial charge on any atom is 0.266 e. The molecular formula is C18H14FN3OS. The summed E-state index contributed by atoms with van der Waals surface area (Å²) in [5.41, 5.74) is 0.412. The lowest BCUT2D eigenvalue weighted by Gasteiger charge is -2.09. The van der Waals surface area contributed by atoms with Crippen LogP contribution in [0.15, 0.2) is 59.8 Å². The number of carbonyl (C=O) groups excluding carboxylic acids is 1. The lowest BCUT2D eigenvalue weighted by atomic mass is 10.2. The molecule has 0 fully saturated rings. The molecule has 1 N–H and O–H groups in total. The number of carbonyl (C=O) groups is 1. The van der Waals surface area contributed by atoms with Crippen molar-refractivity contribution in [2.75, 3.05) is 6.54 Å². The Morgan fingerprint density at radius 3 is 2.79 bits per heavy atom. The normalized spacial score (nSPS) is 11.8. The van der Waals surface area contributed by atoms with Crippen molar-refractivity contribution in [3.8, 4) is 23.6 Å². The third-order valence-electron chi connectivity index (χ3n) is 3.32. The van der Waals surface area contributed by atoms with Crippen LogP contribution in [0.5, 0.6) is 0 Å². The average molecular weight is 339 g/mol. The Morgan fingerprint density at radius 1 is 1.29 bits per heavy atom. The summed E-state index contributed by atoms with van der Waals surface area (Å²) < 4.78 is 16.1. The molecule has 120 valence electrons. The van der Waals surface area contributed by atoms with E-state index in [1.54, 1.807) is 10.6 Å². The largest absolute Gasteiger partial charge is 0.342 e. The average Bonchev–Trinajstić information content (AvgIpc) is 2.99. The Morgan fingerprint density at radius 2 is 2.04 bits per heavy atom. The monoisotopic (exact) mass is 339 g/mol. The molecule has 0 unspecified atom stereocenters. The van der Waals surface area contributed by atoms with Crippen molar-refractivity contribution in [1.82, 2.24) is 14.7 Å². The van der Waals surface area contributed by atoms with E-state index in [-0.39, 0.29) is 6.54 Å². The molecule has 0 bridgehead atoms. The zero-order valence-electron chi connectivity index (χ0n) is 12.6. The van der Waals surface area contributed by atoms with E-state index in [4.69, 9.17) is 6.42 Å². The van der Waals surface area contributed by atoms with Crippen molar-refractivity contribution in [2.24, 2.45) is 0 Å². The number of thioether (sulfide) groups is 1. The number of terminal acetylenes is 1. The van der Waals surface area contributed by atoms with E-state index >= 15 is 0 Å². The molecular weight excluding hydrogens is 325 g/mol.